The van der Waals surface area contributed by atoms with Crippen LogP contribution in [0.5, 0.6) is 0 Å². The van der Waals surface area contributed by atoms with Crippen LogP contribution in [0, 0.1) is 0 Å². The Balaban J connectivity index is 3.23. The second kappa shape index (κ2) is 3.85. The molecule has 0 aliphatic rings. The van der Waals surface area contributed by atoms with Gasteiger partial charge in [-0.15, -0.1) is 5.46 Å². The lowest BCUT2D eigenvalue weighted by molar-refractivity contribution is -0.142. The molecular weight excluding hydrogens is 220 g/mol. The molecule has 0 spiro atoms. The molecule has 1 rings (SSSR count). The van der Waals surface area contributed by atoms with Gasteiger partial charge in [-0.2, -0.15) is 0 Å². The molecule has 2 nitrogen and oxygen atoms in total. The molecule has 1 aromatic rings. The summed E-state index contributed by atoms with van der Waals surface area (Å²) in [7, 11) is 0. The maximum absolute atomic E-state index is 12.5. The minimum Gasteiger partial charge on any atom is -0.481 e. The largest absolute Gasteiger partial charge is 0.509 e. The molecule has 0 bridgehead atoms. The summed E-state index contributed by atoms with van der Waals surface area (Å²) in [6.07, 6.45) is 0. The van der Waals surface area contributed by atoms with Crippen molar-refractivity contribution in [3.63, 3.8) is 0 Å². The first-order valence-corrected chi connectivity index (χ1v) is 4.69. The fourth-order valence-corrected chi connectivity index (χ4v) is 1.25. The van der Waals surface area contributed by atoms with Crippen molar-refractivity contribution in [2.45, 2.75) is 19.3 Å². The first-order chi connectivity index (χ1) is 7.15. The molecule has 0 fully saturated rings. The predicted molar refractivity (Wildman–Crippen MR) is 55.8 cm³/mol. The lowest BCUT2D eigenvalue weighted by Gasteiger charge is -2.23. The average molecular weight is 231 g/mol. The second-order valence-corrected chi connectivity index (χ2v) is 4.13. The lowest BCUT2D eigenvalue weighted by atomic mass is 9.75. The van der Waals surface area contributed by atoms with E-state index in [0.29, 0.717) is 0 Å². The van der Waals surface area contributed by atoms with Gasteiger partial charge in [-0.25, -0.2) is 0 Å². The molecule has 0 amide bonds. The second-order valence-electron chi connectivity index (χ2n) is 4.13. The minimum absolute atomic E-state index is 0.150. The van der Waals surface area contributed by atoms with E-state index in [0.717, 1.165) is 12.1 Å². The van der Waals surface area contributed by atoms with Gasteiger partial charge in [-0.1, -0.05) is 24.3 Å². The van der Waals surface area contributed by atoms with E-state index in [1.165, 1.54) is 26.0 Å². The van der Waals surface area contributed by atoms with E-state index in [1.54, 1.807) is 0 Å². The number of carbonyl (C=O) groups is 1. The van der Waals surface area contributed by atoms with Gasteiger partial charge in [0.25, 0.3) is 0 Å². The van der Waals surface area contributed by atoms with Gasteiger partial charge in [0.1, 0.15) is 0 Å². The van der Waals surface area contributed by atoms with Crippen molar-refractivity contribution in [2.75, 3.05) is 0 Å². The summed E-state index contributed by atoms with van der Waals surface area (Å²) < 4.78 is 37.4. The SMILES string of the molecule is CC(C)(C(=O)O)c1cccc([B-](F)(F)F)c1. The van der Waals surface area contributed by atoms with E-state index in [1.807, 2.05) is 0 Å². The van der Waals surface area contributed by atoms with E-state index in [-0.39, 0.29) is 5.56 Å². The molecule has 0 heterocycles. The Kier molecular flexibility index (Phi) is 3.03. The molecule has 0 atom stereocenters. The summed E-state index contributed by atoms with van der Waals surface area (Å²) in [4.78, 5) is 10.9. The van der Waals surface area contributed by atoms with Crippen molar-refractivity contribution in [1.82, 2.24) is 0 Å². The Morgan fingerprint density at radius 2 is 1.88 bits per heavy atom. The van der Waals surface area contributed by atoms with Crippen LogP contribution in [0.2, 0.25) is 0 Å². The van der Waals surface area contributed by atoms with E-state index >= 15 is 0 Å². The molecule has 0 saturated heterocycles. The average Bonchev–Trinajstić information content (AvgIpc) is 2.16. The zero-order valence-corrected chi connectivity index (χ0v) is 8.88. The van der Waals surface area contributed by atoms with Crippen molar-refractivity contribution in [3.8, 4) is 0 Å². The summed E-state index contributed by atoms with van der Waals surface area (Å²) in [5, 5.41) is 8.91. The lowest BCUT2D eigenvalue weighted by Crippen LogP contribution is -2.36. The van der Waals surface area contributed by atoms with Gasteiger partial charge >= 0.3 is 12.9 Å². The molecule has 0 aliphatic carbocycles. The molecule has 1 N–H and O–H groups in total. The van der Waals surface area contributed by atoms with Crippen LogP contribution in [0.4, 0.5) is 12.9 Å². The van der Waals surface area contributed by atoms with Crippen molar-refractivity contribution in [3.05, 3.63) is 29.8 Å². The molecule has 0 radical (unpaired) electrons. The standard InChI is InChI=1S/C10H11BF3O2/c1-10(2,9(15)16)7-4-3-5-8(6-7)11(12,13)14/h3-6H,1-2H3,(H,15,16)/q-1. The fraction of sp³-hybridized carbons (Fsp3) is 0.300. The Bertz CT molecular complexity index is 413. The van der Waals surface area contributed by atoms with Crippen LogP contribution in [0.25, 0.3) is 0 Å². The van der Waals surface area contributed by atoms with Gasteiger partial charge in [-0.05, 0) is 19.4 Å². The van der Waals surface area contributed by atoms with Crippen molar-refractivity contribution >= 4 is 18.4 Å². The number of hydrogen-bond donors (Lipinski definition) is 1. The maximum atomic E-state index is 12.5. The zero-order valence-electron chi connectivity index (χ0n) is 8.88. The third kappa shape index (κ3) is 2.37. The Morgan fingerprint density at radius 3 is 2.31 bits per heavy atom. The van der Waals surface area contributed by atoms with Crippen LogP contribution >= 0.6 is 0 Å². The van der Waals surface area contributed by atoms with Gasteiger partial charge < -0.3 is 18.1 Å². The van der Waals surface area contributed by atoms with Crippen LogP contribution in [0.1, 0.15) is 19.4 Å². The zero-order chi connectivity index (χ0) is 12.6. The van der Waals surface area contributed by atoms with Gasteiger partial charge in [-0.3, -0.25) is 4.79 Å². The maximum Gasteiger partial charge on any atom is 0.509 e. The molecule has 1 aromatic carbocycles. The van der Waals surface area contributed by atoms with Gasteiger partial charge in [0, 0.05) is 0 Å². The van der Waals surface area contributed by atoms with E-state index in [4.69, 9.17) is 5.11 Å². The Hall–Kier alpha value is -1.46. The molecule has 0 unspecified atom stereocenters. The monoisotopic (exact) mass is 231 g/mol. The third-order valence-electron chi connectivity index (χ3n) is 2.52. The molecule has 0 aromatic heterocycles. The fourth-order valence-electron chi connectivity index (χ4n) is 1.25. The highest BCUT2D eigenvalue weighted by molar-refractivity contribution is 6.73. The highest BCUT2D eigenvalue weighted by Gasteiger charge is 2.32. The molecule has 16 heavy (non-hydrogen) atoms. The van der Waals surface area contributed by atoms with Crippen LogP contribution in [-0.2, 0) is 10.2 Å². The van der Waals surface area contributed by atoms with Crippen molar-refractivity contribution in [1.29, 1.82) is 0 Å². The van der Waals surface area contributed by atoms with Crippen molar-refractivity contribution in [2.24, 2.45) is 0 Å². The van der Waals surface area contributed by atoms with Gasteiger partial charge in [0.2, 0.25) is 0 Å². The van der Waals surface area contributed by atoms with E-state index in [2.05, 4.69) is 0 Å². The van der Waals surface area contributed by atoms with Gasteiger partial charge in [0.15, 0.2) is 0 Å². The Labute approximate surface area is 91.1 Å². The van der Waals surface area contributed by atoms with Crippen molar-refractivity contribution < 1.29 is 22.8 Å². The van der Waals surface area contributed by atoms with E-state index < -0.39 is 23.8 Å². The highest BCUT2D eigenvalue weighted by atomic mass is 19.4. The quantitative estimate of drug-likeness (QED) is 0.808. The van der Waals surface area contributed by atoms with Gasteiger partial charge in [0.05, 0.1) is 5.41 Å². The third-order valence-corrected chi connectivity index (χ3v) is 2.52. The number of carboxylic acids is 1. The molecule has 88 valence electrons. The van der Waals surface area contributed by atoms with Crippen LogP contribution in [0.3, 0.4) is 0 Å². The first kappa shape index (κ1) is 12.6. The summed E-state index contributed by atoms with van der Waals surface area (Å²) in [6, 6.07) is 4.46. The molecular formula is C10H11BF3O2-. The molecule has 0 aliphatic heterocycles. The summed E-state index contributed by atoms with van der Waals surface area (Å²) in [6.45, 7) is -2.35. The first-order valence-electron chi connectivity index (χ1n) is 4.69. The summed E-state index contributed by atoms with van der Waals surface area (Å²) in [5.41, 5.74) is -1.94. The van der Waals surface area contributed by atoms with Crippen LogP contribution in [-0.4, -0.2) is 18.1 Å². The number of aliphatic carboxylic acids is 1. The highest BCUT2D eigenvalue weighted by Crippen LogP contribution is 2.23. The number of rotatable bonds is 3. The normalized spacial score (nSPS) is 12.6. The van der Waals surface area contributed by atoms with Crippen LogP contribution in [0.15, 0.2) is 24.3 Å². The molecule has 0 saturated carbocycles. The topological polar surface area (TPSA) is 37.3 Å². The number of halogens is 3. The Morgan fingerprint density at radius 1 is 1.31 bits per heavy atom. The number of hydrogen-bond acceptors (Lipinski definition) is 1. The summed E-state index contributed by atoms with van der Waals surface area (Å²) in [5.74, 6) is -1.15. The van der Waals surface area contributed by atoms with Crippen LogP contribution < -0.4 is 5.46 Å². The smallest absolute Gasteiger partial charge is 0.481 e. The summed E-state index contributed by atoms with van der Waals surface area (Å²) >= 11 is 0. The number of carboxylic acid groups (broad SMARTS) is 1. The minimum atomic E-state index is -5.09. The number of benzene rings is 1. The predicted octanol–water partition coefficient (Wildman–Crippen LogP) is 2.10. The van der Waals surface area contributed by atoms with E-state index in [9.17, 15) is 17.7 Å². The molecule has 6 heteroatoms.